The fourth-order valence-corrected chi connectivity index (χ4v) is 4.20. The molecule has 0 fully saturated rings. The maximum Gasteiger partial charge on any atom is 0.239 e. The molecule has 0 aromatic heterocycles. The first-order valence-electron chi connectivity index (χ1n) is 9.88. The predicted molar refractivity (Wildman–Crippen MR) is 121 cm³/mol. The van der Waals surface area contributed by atoms with Crippen LogP contribution in [0.25, 0.3) is 10.8 Å². The van der Waals surface area contributed by atoms with Crippen LogP contribution in [0.5, 0.6) is 0 Å². The summed E-state index contributed by atoms with van der Waals surface area (Å²) in [5.74, 6) is -1.16. The third kappa shape index (κ3) is 6.91. The summed E-state index contributed by atoms with van der Waals surface area (Å²) >= 11 is 0. The SMILES string of the molecule is C[C@H](NC(=O)CNC(=O)CNS(=O)(=O)Cc1ccccc1)c1ccc2ccccc2c1. The van der Waals surface area contributed by atoms with Gasteiger partial charge < -0.3 is 10.6 Å². The number of carbonyl (C=O) groups is 2. The second kappa shape index (κ2) is 10.2. The molecule has 3 rings (SSSR count). The Kier molecular flexibility index (Phi) is 7.38. The minimum atomic E-state index is -3.65. The average molecular weight is 440 g/mol. The Morgan fingerprint density at radius 2 is 1.52 bits per heavy atom. The zero-order chi connectivity index (χ0) is 22.3. The average Bonchev–Trinajstić information content (AvgIpc) is 2.76. The first kappa shape index (κ1) is 22.5. The molecule has 8 heteroatoms. The molecule has 3 aromatic carbocycles. The molecule has 7 nitrogen and oxygen atoms in total. The smallest absolute Gasteiger partial charge is 0.239 e. The number of sulfonamides is 1. The molecule has 0 saturated heterocycles. The highest BCUT2D eigenvalue weighted by atomic mass is 32.2. The largest absolute Gasteiger partial charge is 0.348 e. The standard InChI is InChI=1S/C23H25N3O4S/c1-17(20-12-11-19-9-5-6-10-21(19)13-20)26-23(28)14-24-22(27)15-25-31(29,30)16-18-7-3-2-4-8-18/h2-13,17,25H,14-16H2,1H3,(H,24,27)(H,26,28)/t17-/m0/s1. The summed E-state index contributed by atoms with van der Waals surface area (Å²) in [6, 6.07) is 22.4. The lowest BCUT2D eigenvalue weighted by Gasteiger charge is -2.15. The fraction of sp³-hybridized carbons (Fsp3) is 0.217. The molecule has 0 unspecified atom stereocenters. The van der Waals surface area contributed by atoms with Crippen LogP contribution < -0.4 is 15.4 Å². The van der Waals surface area contributed by atoms with E-state index in [1.54, 1.807) is 30.3 Å². The number of hydrogen-bond acceptors (Lipinski definition) is 4. The van der Waals surface area contributed by atoms with Crippen molar-refractivity contribution in [2.24, 2.45) is 0 Å². The lowest BCUT2D eigenvalue weighted by molar-refractivity contribution is -0.125. The summed E-state index contributed by atoms with van der Waals surface area (Å²) in [6.45, 7) is 1.20. The molecule has 0 aliphatic rings. The van der Waals surface area contributed by atoms with Crippen LogP contribution in [0.1, 0.15) is 24.1 Å². The molecule has 0 bridgehead atoms. The van der Waals surface area contributed by atoms with Gasteiger partial charge in [0.25, 0.3) is 0 Å². The highest BCUT2D eigenvalue weighted by molar-refractivity contribution is 7.88. The summed E-state index contributed by atoms with van der Waals surface area (Å²) < 4.78 is 26.4. The van der Waals surface area contributed by atoms with E-state index < -0.39 is 22.5 Å². The van der Waals surface area contributed by atoms with Crippen LogP contribution >= 0.6 is 0 Å². The van der Waals surface area contributed by atoms with Gasteiger partial charge in [-0.2, -0.15) is 0 Å². The Morgan fingerprint density at radius 1 is 0.839 bits per heavy atom. The van der Waals surface area contributed by atoms with Crippen molar-refractivity contribution in [1.82, 2.24) is 15.4 Å². The van der Waals surface area contributed by atoms with Crippen LogP contribution in [0.2, 0.25) is 0 Å². The van der Waals surface area contributed by atoms with Gasteiger partial charge >= 0.3 is 0 Å². The zero-order valence-electron chi connectivity index (χ0n) is 17.2. The summed E-state index contributed by atoms with van der Waals surface area (Å²) in [6.07, 6.45) is 0. The van der Waals surface area contributed by atoms with Gasteiger partial charge in [0, 0.05) is 0 Å². The summed E-state index contributed by atoms with van der Waals surface area (Å²) in [5.41, 5.74) is 1.57. The summed E-state index contributed by atoms with van der Waals surface area (Å²) in [7, 11) is -3.65. The number of fused-ring (bicyclic) bond motifs is 1. The van der Waals surface area contributed by atoms with Crippen molar-refractivity contribution in [2.75, 3.05) is 13.1 Å². The predicted octanol–water partition coefficient (Wildman–Crippen LogP) is 2.25. The van der Waals surface area contributed by atoms with Gasteiger partial charge in [0.05, 0.1) is 24.9 Å². The van der Waals surface area contributed by atoms with E-state index in [0.29, 0.717) is 5.56 Å². The van der Waals surface area contributed by atoms with Crippen LogP contribution in [-0.4, -0.2) is 33.3 Å². The van der Waals surface area contributed by atoms with Gasteiger partial charge in [0.1, 0.15) is 0 Å². The van der Waals surface area contributed by atoms with Gasteiger partial charge in [-0.05, 0) is 34.9 Å². The molecule has 0 aliphatic heterocycles. The molecule has 0 heterocycles. The van der Waals surface area contributed by atoms with Crippen LogP contribution in [0.3, 0.4) is 0 Å². The maximum atomic E-state index is 12.2. The van der Waals surface area contributed by atoms with Crippen molar-refractivity contribution in [3.05, 3.63) is 83.9 Å². The van der Waals surface area contributed by atoms with Crippen LogP contribution in [0, 0.1) is 0 Å². The third-order valence-corrected chi connectivity index (χ3v) is 6.05. The highest BCUT2D eigenvalue weighted by Gasteiger charge is 2.15. The summed E-state index contributed by atoms with van der Waals surface area (Å²) in [5, 5.41) is 7.45. The minimum absolute atomic E-state index is 0.217. The van der Waals surface area contributed by atoms with Crippen molar-refractivity contribution >= 4 is 32.6 Å². The van der Waals surface area contributed by atoms with E-state index in [0.717, 1.165) is 16.3 Å². The van der Waals surface area contributed by atoms with Gasteiger partial charge in [-0.15, -0.1) is 0 Å². The molecule has 1 atom stereocenters. The van der Waals surface area contributed by atoms with Crippen molar-refractivity contribution in [1.29, 1.82) is 0 Å². The minimum Gasteiger partial charge on any atom is -0.348 e. The van der Waals surface area contributed by atoms with Gasteiger partial charge in [0.2, 0.25) is 21.8 Å². The lowest BCUT2D eigenvalue weighted by Crippen LogP contribution is -2.42. The number of nitrogens with one attached hydrogen (secondary N) is 3. The Labute approximate surface area is 181 Å². The van der Waals surface area contributed by atoms with Crippen molar-refractivity contribution in [2.45, 2.75) is 18.7 Å². The normalized spacial score (nSPS) is 12.3. The Morgan fingerprint density at radius 3 is 2.26 bits per heavy atom. The van der Waals surface area contributed by atoms with Crippen molar-refractivity contribution < 1.29 is 18.0 Å². The maximum absolute atomic E-state index is 12.2. The van der Waals surface area contributed by atoms with Gasteiger partial charge in [-0.1, -0.05) is 66.7 Å². The Balaban J connectivity index is 1.43. The van der Waals surface area contributed by atoms with Crippen molar-refractivity contribution in [3.8, 4) is 0 Å². The van der Waals surface area contributed by atoms with E-state index in [4.69, 9.17) is 0 Å². The van der Waals surface area contributed by atoms with Crippen molar-refractivity contribution in [3.63, 3.8) is 0 Å². The van der Waals surface area contributed by atoms with E-state index in [9.17, 15) is 18.0 Å². The molecule has 0 saturated carbocycles. The molecule has 3 aromatic rings. The number of amides is 2. The highest BCUT2D eigenvalue weighted by Crippen LogP contribution is 2.20. The second-order valence-corrected chi connectivity index (χ2v) is 9.05. The van der Waals surface area contributed by atoms with Gasteiger partial charge in [0.15, 0.2) is 0 Å². The van der Waals surface area contributed by atoms with E-state index in [1.807, 2.05) is 49.4 Å². The topological polar surface area (TPSA) is 104 Å². The van der Waals surface area contributed by atoms with E-state index in [-0.39, 0.29) is 24.2 Å². The van der Waals surface area contributed by atoms with E-state index in [1.165, 1.54) is 0 Å². The second-order valence-electron chi connectivity index (χ2n) is 7.24. The molecular formula is C23H25N3O4S. The molecule has 0 radical (unpaired) electrons. The molecule has 0 aliphatic carbocycles. The van der Waals surface area contributed by atoms with Gasteiger partial charge in [-0.25, -0.2) is 13.1 Å². The zero-order valence-corrected chi connectivity index (χ0v) is 18.0. The molecule has 2 amide bonds. The van der Waals surface area contributed by atoms with Crippen LogP contribution in [0.15, 0.2) is 72.8 Å². The first-order valence-corrected chi connectivity index (χ1v) is 11.5. The number of rotatable bonds is 9. The summed E-state index contributed by atoms with van der Waals surface area (Å²) in [4.78, 5) is 24.1. The number of hydrogen-bond donors (Lipinski definition) is 3. The van der Waals surface area contributed by atoms with Crippen LogP contribution in [0.4, 0.5) is 0 Å². The third-order valence-electron chi connectivity index (χ3n) is 4.75. The number of benzene rings is 3. The molecule has 3 N–H and O–H groups in total. The van der Waals surface area contributed by atoms with E-state index in [2.05, 4.69) is 15.4 Å². The van der Waals surface area contributed by atoms with E-state index >= 15 is 0 Å². The fourth-order valence-electron chi connectivity index (χ4n) is 3.11. The molecule has 31 heavy (non-hydrogen) atoms. The Hall–Kier alpha value is -3.23. The Bertz CT molecular complexity index is 1160. The van der Waals surface area contributed by atoms with Gasteiger partial charge in [-0.3, -0.25) is 9.59 Å². The lowest BCUT2D eigenvalue weighted by atomic mass is 10.0. The van der Waals surface area contributed by atoms with Crippen LogP contribution in [-0.2, 0) is 25.4 Å². The molecular weight excluding hydrogens is 414 g/mol. The first-order chi connectivity index (χ1) is 14.8. The molecule has 0 spiro atoms. The number of carbonyl (C=O) groups excluding carboxylic acids is 2. The quantitative estimate of drug-likeness (QED) is 0.476. The monoisotopic (exact) mass is 439 g/mol. The molecule has 162 valence electrons.